The molecule has 4 bridgehead atoms. The zero-order valence-electron chi connectivity index (χ0n) is 11.0. The summed E-state index contributed by atoms with van der Waals surface area (Å²) < 4.78 is 1.93. The van der Waals surface area contributed by atoms with Crippen LogP contribution in [0.25, 0.3) is 0 Å². The lowest BCUT2D eigenvalue weighted by molar-refractivity contribution is -0.0481. The highest BCUT2D eigenvalue weighted by molar-refractivity contribution is 5.97. The van der Waals surface area contributed by atoms with Crippen LogP contribution in [0.5, 0.6) is 0 Å². The quantitative estimate of drug-likeness (QED) is 0.844. The van der Waals surface area contributed by atoms with E-state index in [1.807, 2.05) is 4.68 Å². The van der Waals surface area contributed by atoms with E-state index in [-0.39, 0.29) is 5.54 Å². The normalized spacial score (nSPS) is 39.7. The Bertz CT molecular complexity index is 512. The van der Waals surface area contributed by atoms with Crippen LogP contribution in [0, 0.1) is 17.8 Å². The molecule has 1 aromatic rings. The summed E-state index contributed by atoms with van der Waals surface area (Å²) in [6.07, 6.45) is 9.18. The van der Waals surface area contributed by atoms with Crippen molar-refractivity contribution < 1.29 is 4.79 Å². The first-order valence-corrected chi connectivity index (χ1v) is 7.21. The van der Waals surface area contributed by atoms with E-state index in [0.29, 0.717) is 11.4 Å². The van der Waals surface area contributed by atoms with Gasteiger partial charge in [0.1, 0.15) is 11.4 Å². The van der Waals surface area contributed by atoms with E-state index in [9.17, 15) is 4.79 Å². The van der Waals surface area contributed by atoms with Gasteiger partial charge in [-0.1, -0.05) is 0 Å². The molecule has 4 fully saturated rings. The maximum atomic E-state index is 11.4. The minimum absolute atomic E-state index is 0.0620. The molecule has 4 saturated carbocycles. The van der Waals surface area contributed by atoms with Crippen LogP contribution in [-0.2, 0) is 5.54 Å². The Kier molecular flexibility index (Phi) is 2.10. The van der Waals surface area contributed by atoms with Crippen LogP contribution in [0.3, 0.4) is 0 Å². The first-order valence-electron chi connectivity index (χ1n) is 7.21. The SMILES string of the molecule is NC(=O)c1cnn(C23CC4CC(CC(C4)C2)C3)c1N. The average molecular weight is 260 g/mol. The molecule has 0 atom stereocenters. The number of nitrogen functional groups attached to an aromatic ring is 1. The van der Waals surface area contributed by atoms with Crippen molar-refractivity contribution in [2.45, 2.75) is 44.1 Å². The van der Waals surface area contributed by atoms with E-state index in [4.69, 9.17) is 11.5 Å². The van der Waals surface area contributed by atoms with Crippen molar-refractivity contribution in [3.05, 3.63) is 11.8 Å². The van der Waals surface area contributed by atoms with Gasteiger partial charge in [-0.25, -0.2) is 4.68 Å². The summed E-state index contributed by atoms with van der Waals surface area (Å²) in [5.41, 5.74) is 11.9. The van der Waals surface area contributed by atoms with Crippen molar-refractivity contribution in [2.24, 2.45) is 23.5 Å². The van der Waals surface area contributed by atoms with Crippen molar-refractivity contribution in [1.29, 1.82) is 0 Å². The van der Waals surface area contributed by atoms with Crippen molar-refractivity contribution in [2.75, 3.05) is 5.73 Å². The van der Waals surface area contributed by atoms with Crippen LogP contribution in [0.2, 0.25) is 0 Å². The van der Waals surface area contributed by atoms with E-state index < -0.39 is 5.91 Å². The highest BCUT2D eigenvalue weighted by Gasteiger charge is 2.53. The van der Waals surface area contributed by atoms with Crippen molar-refractivity contribution >= 4 is 11.7 Å². The molecule has 0 spiro atoms. The maximum absolute atomic E-state index is 11.4. The second-order valence-corrected chi connectivity index (χ2v) is 6.86. The maximum Gasteiger partial charge on any atom is 0.254 e. The first-order chi connectivity index (χ1) is 9.07. The number of carbonyl (C=O) groups excluding carboxylic acids is 1. The van der Waals surface area contributed by atoms with Crippen LogP contribution < -0.4 is 11.5 Å². The number of rotatable bonds is 2. The Morgan fingerprint density at radius 3 is 2.16 bits per heavy atom. The lowest BCUT2D eigenvalue weighted by atomic mass is 9.53. The molecule has 1 heterocycles. The number of hydrogen-bond donors (Lipinski definition) is 2. The van der Waals surface area contributed by atoms with Crippen LogP contribution in [0.15, 0.2) is 6.20 Å². The standard InChI is InChI=1S/C14H20N4O/c15-12-11(13(16)19)7-17-18(12)14-4-8-1-9(5-14)3-10(2-8)6-14/h7-10H,1-6,15H2,(H2,16,19). The zero-order chi connectivity index (χ0) is 13.2. The van der Waals surface area contributed by atoms with Crippen LogP contribution >= 0.6 is 0 Å². The third-order valence-electron chi connectivity index (χ3n) is 5.53. The third-order valence-corrected chi connectivity index (χ3v) is 5.53. The molecule has 0 unspecified atom stereocenters. The fourth-order valence-electron chi connectivity index (χ4n) is 5.25. The smallest absolute Gasteiger partial charge is 0.254 e. The van der Waals surface area contributed by atoms with E-state index >= 15 is 0 Å². The molecule has 1 aromatic heterocycles. The molecule has 4 aliphatic rings. The average Bonchev–Trinajstić information content (AvgIpc) is 2.69. The minimum Gasteiger partial charge on any atom is -0.383 e. The molecule has 1 amide bonds. The first kappa shape index (κ1) is 11.3. The Morgan fingerprint density at radius 1 is 1.21 bits per heavy atom. The van der Waals surface area contributed by atoms with E-state index in [1.54, 1.807) is 0 Å². The summed E-state index contributed by atoms with van der Waals surface area (Å²) in [6.45, 7) is 0. The number of carbonyl (C=O) groups is 1. The molecule has 102 valence electrons. The van der Waals surface area contributed by atoms with Crippen molar-refractivity contribution in [1.82, 2.24) is 9.78 Å². The summed E-state index contributed by atoms with van der Waals surface area (Å²) in [5, 5.41) is 4.42. The fourth-order valence-corrected chi connectivity index (χ4v) is 5.25. The molecule has 4 N–H and O–H groups in total. The predicted octanol–water partition coefficient (Wildman–Crippen LogP) is 1.49. The summed E-state index contributed by atoms with van der Waals surface area (Å²) in [6, 6.07) is 0. The van der Waals surface area contributed by atoms with Gasteiger partial charge < -0.3 is 11.5 Å². The third kappa shape index (κ3) is 1.47. The van der Waals surface area contributed by atoms with Gasteiger partial charge in [0.2, 0.25) is 0 Å². The molecule has 4 aliphatic carbocycles. The summed E-state index contributed by atoms with van der Waals surface area (Å²) in [7, 11) is 0. The number of nitrogens with zero attached hydrogens (tertiary/aromatic N) is 2. The topological polar surface area (TPSA) is 86.9 Å². The lowest BCUT2D eigenvalue weighted by Crippen LogP contribution is -2.52. The summed E-state index contributed by atoms with van der Waals surface area (Å²) in [4.78, 5) is 11.4. The van der Waals surface area contributed by atoms with Crippen LogP contribution in [-0.4, -0.2) is 15.7 Å². The van der Waals surface area contributed by atoms with Gasteiger partial charge in [0, 0.05) is 0 Å². The molecule has 5 nitrogen and oxygen atoms in total. The molecular weight excluding hydrogens is 240 g/mol. The van der Waals surface area contributed by atoms with Crippen molar-refractivity contribution in [3.63, 3.8) is 0 Å². The van der Waals surface area contributed by atoms with Gasteiger partial charge in [-0.3, -0.25) is 4.79 Å². The van der Waals surface area contributed by atoms with Gasteiger partial charge in [0.25, 0.3) is 5.91 Å². The summed E-state index contributed by atoms with van der Waals surface area (Å²) in [5.74, 6) is 2.47. The number of amides is 1. The van der Waals surface area contributed by atoms with Gasteiger partial charge in [-0.2, -0.15) is 5.10 Å². The van der Waals surface area contributed by atoms with Crippen molar-refractivity contribution in [3.8, 4) is 0 Å². The number of primary amides is 1. The van der Waals surface area contributed by atoms with Crippen LogP contribution in [0.1, 0.15) is 48.9 Å². The second-order valence-electron chi connectivity index (χ2n) is 6.86. The molecule has 5 rings (SSSR count). The number of anilines is 1. The molecule has 0 aromatic carbocycles. The molecular formula is C14H20N4O. The largest absolute Gasteiger partial charge is 0.383 e. The Hall–Kier alpha value is -1.52. The molecule has 5 heteroatoms. The van der Waals surface area contributed by atoms with Crippen LogP contribution in [0.4, 0.5) is 5.82 Å². The van der Waals surface area contributed by atoms with E-state index in [1.165, 1.54) is 44.7 Å². The van der Waals surface area contributed by atoms with Gasteiger partial charge >= 0.3 is 0 Å². The monoisotopic (exact) mass is 260 g/mol. The predicted molar refractivity (Wildman–Crippen MR) is 71.3 cm³/mol. The number of aromatic nitrogens is 2. The molecule has 0 radical (unpaired) electrons. The number of hydrogen-bond acceptors (Lipinski definition) is 3. The second kappa shape index (κ2) is 3.52. The summed E-state index contributed by atoms with van der Waals surface area (Å²) >= 11 is 0. The molecule has 19 heavy (non-hydrogen) atoms. The molecule has 0 aliphatic heterocycles. The van der Waals surface area contributed by atoms with Gasteiger partial charge in [0.05, 0.1) is 11.7 Å². The number of nitrogens with two attached hydrogens (primary N) is 2. The minimum atomic E-state index is -0.478. The van der Waals surface area contributed by atoms with Gasteiger partial charge in [-0.05, 0) is 56.3 Å². The zero-order valence-corrected chi connectivity index (χ0v) is 11.0. The highest BCUT2D eigenvalue weighted by atomic mass is 16.1. The lowest BCUT2D eigenvalue weighted by Gasteiger charge is -2.56. The Morgan fingerprint density at radius 2 is 1.74 bits per heavy atom. The van der Waals surface area contributed by atoms with Gasteiger partial charge in [-0.15, -0.1) is 0 Å². The Balaban J connectivity index is 1.77. The van der Waals surface area contributed by atoms with E-state index in [2.05, 4.69) is 5.10 Å². The van der Waals surface area contributed by atoms with E-state index in [0.717, 1.165) is 17.8 Å². The highest BCUT2D eigenvalue weighted by Crippen LogP contribution is 2.59. The molecule has 0 saturated heterocycles. The van der Waals surface area contributed by atoms with Gasteiger partial charge in [0.15, 0.2) is 0 Å². The Labute approximate surface area is 112 Å². The fraction of sp³-hybridized carbons (Fsp3) is 0.714.